The average Bonchev–Trinajstić information content (AvgIpc) is 2.35. The van der Waals surface area contributed by atoms with Gasteiger partial charge in [0, 0.05) is 11.7 Å². The third-order valence-corrected chi connectivity index (χ3v) is 3.51. The smallest absolute Gasteiger partial charge is 0.399 e. The van der Waals surface area contributed by atoms with Crippen molar-refractivity contribution in [1.29, 1.82) is 0 Å². The van der Waals surface area contributed by atoms with Gasteiger partial charge in [-0.15, -0.1) is 0 Å². The first-order chi connectivity index (χ1) is 7.73. The van der Waals surface area contributed by atoms with Gasteiger partial charge < -0.3 is 15.0 Å². The Kier molecular flexibility index (Phi) is 2.84. The van der Waals surface area contributed by atoms with Crippen molar-refractivity contribution in [2.75, 3.05) is 5.73 Å². The van der Waals surface area contributed by atoms with Gasteiger partial charge in [-0.3, -0.25) is 0 Å². The van der Waals surface area contributed by atoms with Crippen LogP contribution in [0.5, 0.6) is 0 Å². The summed E-state index contributed by atoms with van der Waals surface area (Å²) < 4.78 is 11.7. The van der Waals surface area contributed by atoms with Crippen molar-refractivity contribution in [1.82, 2.24) is 9.97 Å². The van der Waals surface area contributed by atoms with Crippen molar-refractivity contribution >= 4 is 30.0 Å². The van der Waals surface area contributed by atoms with Crippen LogP contribution in [-0.4, -0.2) is 28.3 Å². The molecule has 1 aromatic rings. The lowest BCUT2D eigenvalue weighted by molar-refractivity contribution is 0.00578. The predicted molar refractivity (Wildman–Crippen MR) is 67.2 cm³/mol. The lowest BCUT2D eigenvalue weighted by Crippen LogP contribution is -2.41. The molecule has 1 aliphatic heterocycles. The topological polar surface area (TPSA) is 70.3 Å². The van der Waals surface area contributed by atoms with Gasteiger partial charge in [-0.2, -0.15) is 0 Å². The highest BCUT2D eigenvalue weighted by Crippen LogP contribution is 2.36. The van der Waals surface area contributed by atoms with Crippen LogP contribution in [0.1, 0.15) is 27.7 Å². The first-order valence-electron chi connectivity index (χ1n) is 5.36. The molecule has 0 saturated carbocycles. The Balaban J connectivity index is 2.32. The molecule has 0 amide bonds. The van der Waals surface area contributed by atoms with Gasteiger partial charge in [-0.25, -0.2) is 9.97 Å². The van der Waals surface area contributed by atoms with Crippen LogP contribution >= 0.6 is 11.6 Å². The number of rotatable bonds is 1. The van der Waals surface area contributed by atoms with Crippen LogP contribution in [0, 0.1) is 0 Å². The molecule has 2 rings (SSSR count). The second-order valence-corrected chi connectivity index (χ2v) is 5.41. The molecule has 1 fully saturated rings. The van der Waals surface area contributed by atoms with Crippen molar-refractivity contribution in [3.63, 3.8) is 0 Å². The maximum Gasteiger partial charge on any atom is 0.500 e. The van der Waals surface area contributed by atoms with E-state index in [0.29, 0.717) is 5.46 Å². The second-order valence-electron chi connectivity index (χ2n) is 5.07. The van der Waals surface area contributed by atoms with E-state index in [1.54, 1.807) is 0 Å². The summed E-state index contributed by atoms with van der Waals surface area (Å²) in [4.78, 5) is 7.78. The standard InChI is InChI=1S/C10H15BClN3O2/c1-9(2)10(3,4)17-11(16-9)6-5-14-8(12)15-7(6)13/h5H,1-4H3,(H2,13,14,15). The van der Waals surface area contributed by atoms with E-state index in [4.69, 9.17) is 26.6 Å². The molecule has 17 heavy (non-hydrogen) atoms. The van der Waals surface area contributed by atoms with Crippen LogP contribution in [0.15, 0.2) is 6.20 Å². The van der Waals surface area contributed by atoms with E-state index in [0.717, 1.165) is 0 Å². The van der Waals surface area contributed by atoms with E-state index in [2.05, 4.69) is 9.97 Å². The Bertz CT molecular complexity index is 437. The molecule has 0 aromatic carbocycles. The fourth-order valence-corrected chi connectivity index (χ4v) is 1.67. The Morgan fingerprint density at radius 1 is 1.24 bits per heavy atom. The van der Waals surface area contributed by atoms with Crippen LogP contribution in [0.25, 0.3) is 0 Å². The van der Waals surface area contributed by atoms with Crippen LogP contribution < -0.4 is 11.2 Å². The molecular formula is C10H15BClN3O2. The highest BCUT2D eigenvalue weighted by Gasteiger charge is 2.52. The molecule has 0 aliphatic carbocycles. The minimum atomic E-state index is -0.558. The van der Waals surface area contributed by atoms with Crippen molar-refractivity contribution < 1.29 is 9.31 Å². The minimum absolute atomic E-state index is 0.114. The number of halogens is 1. The minimum Gasteiger partial charge on any atom is -0.399 e. The lowest BCUT2D eigenvalue weighted by atomic mass is 9.80. The van der Waals surface area contributed by atoms with Crippen molar-refractivity contribution in [2.24, 2.45) is 0 Å². The molecule has 0 unspecified atom stereocenters. The Morgan fingerprint density at radius 3 is 2.24 bits per heavy atom. The first-order valence-corrected chi connectivity index (χ1v) is 5.74. The van der Waals surface area contributed by atoms with Gasteiger partial charge in [0.05, 0.1) is 11.2 Å². The average molecular weight is 256 g/mol. The normalized spacial score (nSPS) is 21.8. The zero-order valence-electron chi connectivity index (χ0n) is 10.3. The molecule has 92 valence electrons. The number of nitrogens with two attached hydrogens (primary N) is 1. The lowest BCUT2D eigenvalue weighted by Gasteiger charge is -2.32. The summed E-state index contributed by atoms with van der Waals surface area (Å²) in [6, 6.07) is 0. The molecule has 0 atom stereocenters. The van der Waals surface area contributed by atoms with Gasteiger partial charge in [-0.05, 0) is 39.3 Å². The number of aromatic nitrogens is 2. The van der Waals surface area contributed by atoms with Gasteiger partial charge in [0.15, 0.2) is 0 Å². The molecule has 0 radical (unpaired) electrons. The SMILES string of the molecule is CC1(C)OB(c2cnc(Cl)nc2N)OC1(C)C. The maximum atomic E-state index is 5.85. The summed E-state index contributed by atoms with van der Waals surface area (Å²) in [5, 5.41) is 0.114. The zero-order chi connectivity index (χ0) is 12.8. The van der Waals surface area contributed by atoms with Gasteiger partial charge >= 0.3 is 7.12 Å². The van der Waals surface area contributed by atoms with Gasteiger partial charge in [0.2, 0.25) is 5.28 Å². The summed E-state index contributed by atoms with van der Waals surface area (Å²) in [6.07, 6.45) is 1.53. The molecule has 1 saturated heterocycles. The maximum absolute atomic E-state index is 5.85. The van der Waals surface area contributed by atoms with Crippen molar-refractivity contribution in [3.8, 4) is 0 Å². The second kappa shape index (κ2) is 3.83. The van der Waals surface area contributed by atoms with E-state index < -0.39 is 18.3 Å². The molecule has 5 nitrogen and oxygen atoms in total. The predicted octanol–water partition coefficient (Wildman–Crippen LogP) is 1.01. The third kappa shape index (κ3) is 2.12. The highest BCUT2D eigenvalue weighted by atomic mass is 35.5. The summed E-state index contributed by atoms with van der Waals surface area (Å²) in [7, 11) is -0.558. The van der Waals surface area contributed by atoms with E-state index in [1.807, 2.05) is 27.7 Å². The van der Waals surface area contributed by atoms with Gasteiger partial charge in [0.1, 0.15) is 5.82 Å². The van der Waals surface area contributed by atoms with Crippen LogP contribution in [0.3, 0.4) is 0 Å². The third-order valence-electron chi connectivity index (χ3n) is 3.33. The van der Waals surface area contributed by atoms with Gasteiger partial charge in [0.25, 0.3) is 0 Å². The molecular weight excluding hydrogens is 240 g/mol. The van der Waals surface area contributed by atoms with E-state index in [1.165, 1.54) is 6.20 Å². The quantitative estimate of drug-likeness (QED) is 0.599. The number of anilines is 1. The van der Waals surface area contributed by atoms with Crippen LogP contribution in [0.2, 0.25) is 5.28 Å². The fourth-order valence-electron chi connectivity index (χ4n) is 1.53. The number of nitrogen functional groups attached to an aromatic ring is 1. The van der Waals surface area contributed by atoms with E-state index >= 15 is 0 Å². The molecule has 2 heterocycles. The summed E-state index contributed by atoms with van der Waals surface area (Å²) in [5.41, 5.74) is 5.56. The van der Waals surface area contributed by atoms with Crippen LogP contribution in [-0.2, 0) is 9.31 Å². The Labute approximate surface area is 106 Å². The number of nitrogens with zero attached hydrogens (tertiary/aromatic N) is 2. The first kappa shape index (κ1) is 12.6. The van der Waals surface area contributed by atoms with Crippen LogP contribution in [0.4, 0.5) is 5.82 Å². The fraction of sp³-hybridized carbons (Fsp3) is 0.600. The largest absolute Gasteiger partial charge is 0.500 e. The summed E-state index contributed by atoms with van der Waals surface area (Å²) in [6.45, 7) is 7.89. The highest BCUT2D eigenvalue weighted by molar-refractivity contribution is 6.63. The molecule has 1 aromatic heterocycles. The molecule has 7 heteroatoms. The van der Waals surface area contributed by atoms with Gasteiger partial charge in [-0.1, -0.05) is 0 Å². The zero-order valence-corrected chi connectivity index (χ0v) is 11.1. The Hall–Kier alpha value is -0.845. The molecule has 0 spiro atoms. The van der Waals surface area contributed by atoms with E-state index in [-0.39, 0.29) is 11.1 Å². The number of hydrogen-bond acceptors (Lipinski definition) is 5. The molecule has 1 aliphatic rings. The summed E-state index contributed by atoms with van der Waals surface area (Å²) >= 11 is 5.65. The van der Waals surface area contributed by atoms with Crippen molar-refractivity contribution in [2.45, 2.75) is 38.9 Å². The van der Waals surface area contributed by atoms with E-state index in [9.17, 15) is 0 Å². The number of hydrogen-bond donors (Lipinski definition) is 1. The van der Waals surface area contributed by atoms with Crippen molar-refractivity contribution in [3.05, 3.63) is 11.5 Å². The Morgan fingerprint density at radius 2 is 1.76 bits per heavy atom. The summed E-state index contributed by atoms with van der Waals surface area (Å²) in [5.74, 6) is 0.281. The molecule has 2 N–H and O–H groups in total. The monoisotopic (exact) mass is 255 g/mol. The molecule has 0 bridgehead atoms.